The fourth-order valence-electron chi connectivity index (χ4n) is 5.25. The number of hydrogen-bond acceptors (Lipinski definition) is 7. The highest BCUT2D eigenvalue weighted by atomic mass is 32.1. The fraction of sp³-hybridized carbons (Fsp3) is 0.536. The zero-order valence-electron chi connectivity index (χ0n) is 21.9. The normalized spacial score (nSPS) is 18.5. The first-order valence-electron chi connectivity index (χ1n) is 13.0. The lowest BCUT2D eigenvalue weighted by Crippen LogP contribution is -2.38. The highest BCUT2D eigenvalue weighted by molar-refractivity contribution is 7.80. The van der Waals surface area contributed by atoms with E-state index in [0.29, 0.717) is 0 Å². The zero-order chi connectivity index (χ0) is 25.0. The Balaban J connectivity index is 0.00000141. The van der Waals surface area contributed by atoms with Crippen LogP contribution in [0.25, 0.3) is 0 Å². The largest absolute Gasteiger partial charge is 0.370 e. The van der Waals surface area contributed by atoms with E-state index < -0.39 is 0 Å². The number of aromatic nitrogens is 2. The smallest absolute Gasteiger partial charge is 0.137 e. The molecule has 0 radical (unpaired) electrons. The van der Waals surface area contributed by atoms with E-state index in [2.05, 4.69) is 81.7 Å². The quantitative estimate of drug-likeness (QED) is 0.493. The number of fused-ring (bicyclic) bond motifs is 2. The number of aliphatic imine (C=N–C) groups is 1. The Labute approximate surface area is 216 Å². The van der Waals surface area contributed by atoms with Crippen molar-refractivity contribution >= 4 is 36.0 Å². The number of anilines is 3. The van der Waals surface area contributed by atoms with Gasteiger partial charge in [-0.1, -0.05) is 33.8 Å². The number of nitrogens with zero attached hydrogens (tertiary/aromatic N) is 5. The minimum atomic E-state index is 0.187. The van der Waals surface area contributed by atoms with Gasteiger partial charge in [0.2, 0.25) is 0 Å². The number of allylic oxidation sites excluding steroid dienone is 1. The molecule has 0 saturated heterocycles. The number of thiol groups is 1. The van der Waals surface area contributed by atoms with Gasteiger partial charge in [-0.15, -0.1) is 0 Å². The second kappa shape index (κ2) is 11.0. The van der Waals surface area contributed by atoms with Crippen LogP contribution in [0, 0.1) is 0 Å². The van der Waals surface area contributed by atoms with Gasteiger partial charge < -0.3 is 15.1 Å². The van der Waals surface area contributed by atoms with Gasteiger partial charge in [0.15, 0.2) is 0 Å². The maximum Gasteiger partial charge on any atom is 0.137 e. The lowest BCUT2D eigenvalue weighted by molar-refractivity contribution is 0.308. The van der Waals surface area contributed by atoms with Crippen LogP contribution in [0.15, 0.2) is 40.9 Å². The van der Waals surface area contributed by atoms with Crippen LogP contribution in [0.1, 0.15) is 70.7 Å². The summed E-state index contributed by atoms with van der Waals surface area (Å²) >= 11 is 4.49. The summed E-state index contributed by atoms with van der Waals surface area (Å²) in [5.74, 6) is 2.91. The van der Waals surface area contributed by atoms with Gasteiger partial charge >= 0.3 is 0 Å². The highest BCUT2D eigenvalue weighted by Crippen LogP contribution is 2.41. The summed E-state index contributed by atoms with van der Waals surface area (Å²) in [5, 5.41) is 3.62. The number of benzene rings is 1. The van der Waals surface area contributed by atoms with E-state index in [-0.39, 0.29) is 5.41 Å². The van der Waals surface area contributed by atoms with Crippen LogP contribution >= 0.6 is 12.6 Å². The molecule has 7 heteroatoms. The Hall–Kier alpha value is -2.54. The van der Waals surface area contributed by atoms with Crippen LogP contribution in [0.5, 0.6) is 0 Å². The molecule has 0 unspecified atom stereocenters. The van der Waals surface area contributed by atoms with Crippen LogP contribution in [-0.2, 0) is 18.4 Å². The van der Waals surface area contributed by atoms with Gasteiger partial charge in [0, 0.05) is 48.5 Å². The Kier molecular flexibility index (Phi) is 8.05. The highest BCUT2D eigenvalue weighted by Gasteiger charge is 2.31. The summed E-state index contributed by atoms with van der Waals surface area (Å²) in [7, 11) is 0. The van der Waals surface area contributed by atoms with E-state index in [0.717, 1.165) is 80.6 Å². The summed E-state index contributed by atoms with van der Waals surface area (Å²) in [4.78, 5) is 18.8. The molecule has 5 rings (SSSR count). The molecule has 1 N–H and O–H groups in total. The predicted octanol–water partition coefficient (Wildman–Crippen LogP) is 6.12. The molecule has 0 spiro atoms. The molecule has 0 bridgehead atoms. The molecular formula is C28H40N6S. The van der Waals surface area contributed by atoms with Crippen molar-refractivity contribution in [2.75, 3.05) is 35.6 Å². The first-order valence-corrected chi connectivity index (χ1v) is 13.7. The van der Waals surface area contributed by atoms with Crippen molar-refractivity contribution in [3.05, 3.63) is 52.7 Å². The average molecular weight is 493 g/mol. The van der Waals surface area contributed by atoms with Crippen molar-refractivity contribution in [1.82, 2.24) is 14.9 Å². The maximum atomic E-state index is 4.68. The van der Waals surface area contributed by atoms with Crippen LogP contribution in [-0.4, -0.2) is 46.5 Å². The molecule has 6 nitrogen and oxygen atoms in total. The van der Waals surface area contributed by atoms with Crippen molar-refractivity contribution in [3.8, 4) is 0 Å². The lowest BCUT2D eigenvalue weighted by Gasteiger charge is -2.40. The van der Waals surface area contributed by atoms with Gasteiger partial charge in [-0.2, -0.15) is 12.6 Å². The van der Waals surface area contributed by atoms with Gasteiger partial charge in [0.25, 0.3) is 0 Å². The fourth-order valence-corrected chi connectivity index (χ4v) is 5.49. The van der Waals surface area contributed by atoms with Crippen LogP contribution in [0.3, 0.4) is 0 Å². The van der Waals surface area contributed by atoms with E-state index in [1.807, 2.05) is 20.1 Å². The maximum absolute atomic E-state index is 4.68. The summed E-state index contributed by atoms with van der Waals surface area (Å²) in [6.45, 7) is 14.6. The van der Waals surface area contributed by atoms with Crippen molar-refractivity contribution in [2.24, 2.45) is 4.99 Å². The molecule has 0 amide bonds. The third kappa shape index (κ3) is 5.35. The summed E-state index contributed by atoms with van der Waals surface area (Å²) in [6.07, 6.45) is 7.94. The monoisotopic (exact) mass is 492 g/mol. The molecule has 1 aromatic heterocycles. The molecule has 0 aliphatic carbocycles. The summed E-state index contributed by atoms with van der Waals surface area (Å²) in [5.41, 5.74) is 7.68. The molecule has 0 fully saturated rings. The summed E-state index contributed by atoms with van der Waals surface area (Å²) in [6, 6.07) is 6.77. The molecule has 0 saturated carbocycles. The molecule has 3 aliphatic heterocycles. The molecule has 2 aromatic rings. The van der Waals surface area contributed by atoms with Gasteiger partial charge in [0.05, 0.1) is 12.2 Å². The van der Waals surface area contributed by atoms with E-state index in [9.17, 15) is 0 Å². The van der Waals surface area contributed by atoms with E-state index >= 15 is 0 Å². The zero-order valence-corrected chi connectivity index (χ0v) is 22.8. The SMILES string of the molecule is CC.CC1=C(N2CCc3c(ncnc3Nc3ccc4c(c3)N(CCS)CCC4(C)C)C2)N=CCC1. The third-order valence-corrected chi connectivity index (χ3v) is 7.46. The second-order valence-corrected chi connectivity index (χ2v) is 10.4. The minimum absolute atomic E-state index is 0.187. The minimum Gasteiger partial charge on any atom is -0.370 e. The van der Waals surface area contributed by atoms with E-state index in [1.165, 1.54) is 22.4 Å². The second-order valence-electron chi connectivity index (χ2n) is 9.97. The van der Waals surface area contributed by atoms with Crippen LogP contribution in [0.4, 0.5) is 17.2 Å². The molecular weight excluding hydrogens is 452 g/mol. The first kappa shape index (κ1) is 25.5. The molecule has 188 valence electrons. The van der Waals surface area contributed by atoms with Crippen molar-refractivity contribution in [1.29, 1.82) is 0 Å². The van der Waals surface area contributed by atoms with Crippen molar-refractivity contribution in [3.63, 3.8) is 0 Å². The van der Waals surface area contributed by atoms with Gasteiger partial charge in [-0.05, 0) is 61.3 Å². The molecule has 3 aliphatic rings. The number of hydrogen-bond donors (Lipinski definition) is 2. The predicted molar refractivity (Wildman–Crippen MR) is 151 cm³/mol. The first-order chi connectivity index (χ1) is 17.0. The van der Waals surface area contributed by atoms with E-state index in [4.69, 9.17) is 0 Å². The molecule has 35 heavy (non-hydrogen) atoms. The van der Waals surface area contributed by atoms with Gasteiger partial charge in [-0.3, -0.25) is 0 Å². The van der Waals surface area contributed by atoms with Crippen molar-refractivity contribution in [2.45, 2.75) is 72.3 Å². The van der Waals surface area contributed by atoms with Gasteiger partial charge in [0.1, 0.15) is 18.0 Å². The van der Waals surface area contributed by atoms with Crippen molar-refractivity contribution < 1.29 is 0 Å². The Morgan fingerprint density at radius 2 is 1.94 bits per heavy atom. The Morgan fingerprint density at radius 1 is 1.11 bits per heavy atom. The Morgan fingerprint density at radius 3 is 2.71 bits per heavy atom. The average Bonchev–Trinajstić information content (AvgIpc) is 2.87. The van der Waals surface area contributed by atoms with Crippen LogP contribution in [0.2, 0.25) is 0 Å². The Bertz CT molecular complexity index is 1110. The van der Waals surface area contributed by atoms with E-state index in [1.54, 1.807) is 6.33 Å². The third-order valence-electron chi connectivity index (χ3n) is 7.26. The lowest BCUT2D eigenvalue weighted by atomic mass is 9.77. The standard InChI is InChI=1S/C26H34N6S.C2H6/c1-18-5-4-10-27-25(18)32-11-8-20-22(16-32)28-17-29-24(20)30-19-6-7-21-23(15-19)31(13-14-33)12-9-26(21,2)3;1-2/h6-7,10,15,17,33H,4-5,8-9,11-14,16H2,1-3H3,(H,28,29,30);1-2H3. The van der Waals surface area contributed by atoms with Crippen LogP contribution < -0.4 is 10.2 Å². The molecule has 4 heterocycles. The molecule has 1 aromatic carbocycles. The molecule has 0 atom stereocenters. The number of rotatable bonds is 5. The summed E-state index contributed by atoms with van der Waals surface area (Å²) < 4.78 is 0. The van der Waals surface area contributed by atoms with Gasteiger partial charge in [-0.25, -0.2) is 15.0 Å². The number of nitrogens with one attached hydrogen (secondary N) is 1. The topological polar surface area (TPSA) is 56.7 Å².